The van der Waals surface area contributed by atoms with Gasteiger partial charge in [-0.05, 0) is 67.7 Å². The van der Waals surface area contributed by atoms with E-state index in [9.17, 15) is 14.0 Å². The van der Waals surface area contributed by atoms with E-state index in [-0.39, 0.29) is 0 Å². The Balaban J connectivity index is 1.50. The van der Waals surface area contributed by atoms with Gasteiger partial charge < -0.3 is 10.6 Å². The molecule has 0 bridgehead atoms. The molecule has 160 valence electrons. The number of rotatable bonds is 8. The number of carbonyl (C=O) groups is 2. The van der Waals surface area contributed by atoms with Crippen LogP contribution in [0.25, 0.3) is 0 Å². The number of hydrogen-bond donors (Lipinski definition) is 2. The maximum atomic E-state index is 14.1. The number of amides is 3. The van der Waals surface area contributed by atoms with E-state index in [1.165, 1.54) is 23.4 Å². The number of halogens is 1. The zero-order chi connectivity index (χ0) is 21.3. The lowest BCUT2D eigenvalue weighted by Crippen LogP contribution is -2.35. The Bertz CT molecular complexity index is 844. The Morgan fingerprint density at radius 3 is 2.77 bits per heavy atom. The first kappa shape index (κ1) is 21.7. The quantitative estimate of drug-likeness (QED) is 0.511. The Labute approximate surface area is 175 Å². The highest BCUT2D eigenvalue weighted by molar-refractivity contribution is 5.99. The van der Waals surface area contributed by atoms with E-state index in [0.717, 1.165) is 31.5 Å². The largest absolute Gasteiger partial charge is 0.323 e. The van der Waals surface area contributed by atoms with Crippen LogP contribution in [0.4, 0.5) is 20.6 Å². The number of carbonyl (C=O) groups excluding carboxylic acids is 2. The van der Waals surface area contributed by atoms with Crippen LogP contribution >= 0.6 is 0 Å². The molecule has 0 saturated carbocycles. The molecule has 1 aromatic heterocycles. The van der Waals surface area contributed by atoms with E-state index < -0.39 is 11.8 Å². The summed E-state index contributed by atoms with van der Waals surface area (Å²) in [5, 5.41) is 6.50. The molecule has 0 unspecified atom stereocenters. The van der Waals surface area contributed by atoms with Gasteiger partial charge in [-0.1, -0.05) is 0 Å². The van der Waals surface area contributed by atoms with Gasteiger partial charge in [-0.15, -0.1) is 0 Å². The number of pyridine rings is 1. The Morgan fingerprint density at radius 1 is 1.30 bits per heavy atom. The molecule has 2 heterocycles. The lowest BCUT2D eigenvalue weighted by Gasteiger charge is -2.32. The average Bonchev–Trinajstić information content (AvgIpc) is 2.73. The van der Waals surface area contributed by atoms with Crippen LogP contribution in [0.2, 0.25) is 0 Å². The summed E-state index contributed by atoms with van der Waals surface area (Å²) in [6.07, 6.45) is 5.67. The molecule has 3 rings (SSSR count). The standard InChI is InChI=1S/C21H26FN5O3/c1-26(15-28)30-14-16-4-7-27(8-5-16)13-17-9-18(22)11-20(10-17)25-21(29)24-19-3-2-6-23-12-19/h2-3,6,9-12,15-16H,4-5,7-8,13-14H2,1H3,(H2,24,25,29). The van der Waals surface area contributed by atoms with Crippen LogP contribution in [0, 0.1) is 11.7 Å². The Morgan fingerprint density at radius 2 is 2.07 bits per heavy atom. The van der Waals surface area contributed by atoms with Gasteiger partial charge in [-0.2, -0.15) is 0 Å². The molecule has 0 spiro atoms. The summed E-state index contributed by atoms with van der Waals surface area (Å²) in [5.41, 5.74) is 1.74. The second-order valence-electron chi connectivity index (χ2n) is 7.34. The number of urea groups is 1. The monoisotopic (exact) mass is 415 g/mol. The van der Waals surface area contributed by atoms with E-state index in [1.54, 1.807) is 31.4 Å². The van der Waals surface area contributed by atoms with Crippen LogP contribution in [0.1, 0.15) is 18.4 Å². The number of nitrogens with zero attached hydrogens (tertiary/aromatic N) is 3. The highest BCUT2D eigenvalue weighted by atomic mass is 19.1. The summed E-state index contributed by atoms with van der Waals surface area (Å²) in [4.78, 5) is 34.2. The van der Waals surface area contributed by atoms with Crippen LogP contribution in [-0.2, 0) is 16.2 Å². The molecule has 30 heavy (non-hydrogen) atoms. The van der Waals surface area contributed by atoms with Gasteiger partial charge in [-0.25, -0.2) is 14.2 Å². The molecular formula is C21H26FN5O3. The molecule has 2 N–H and O–H groups in total. The summed E-state index contributed by atoms with van der Waals surface area (Å²) < 4.78 is 14.1. The molecule has 0 aliphatic carbocycles. The van der Waals surface area contributed by atoms with Crippen LogP contribution in [0.5, 0.6) is 0 Å². The van der Waals surface area contributed by atoms with Crippen molar-refractivity contribution in [1.82, 2.24) is 14.9 Å². The van der Waals surface area contributed by atoms with Gasteiger partial charge in [-0.3, -0.25) is 19.5 Å². The predicted molar refractivity (Wildman–Crippen MR) is 111 cm³/mol. The smallest absolute Gasteiger partial charge is 0.308 e. The van der Waals surface area contributed by atoms with Gasteiger partial charge in [0.1, 0.15) is 5.82 Å². The molecule has 1 fully saturated rings. The van der Waals surface area contributed by atoms with E-state index in [1.807, 2.05) is 0 Å². The maximum Gasteiger partial charge on any atom is 0.323 e. The van der Waals surface area contributed by atoms with Crippen LogP contribution in [0.3, 0.4) is 0 Å². The zero-order valence-electron chi connectivity index (χ0n) is 16.9. The number of nitrogens with one attached hydrogen (secondary N) is 2. The lowest BCUT2D eigenvalue weighted by molar-refractivity contribution is -0.169. The van der Waals surface area contributed by atoms with Crippen molar-refractivity contribution in [2.24, 2.45) is 5.92 Å². The first-order valence-electron chi connectivity index (χ1n) is 9.82. The number of piperidine rings is 1. The number of aromatic nitrogens is 1. The number of hydroxylamine groups is 2. The van der Waals surface area contributed by atoms with Crippen molar-refractivity contribution in [1.29, 1.82) is 0 Å². The number of anilines is 2. The van der Waals surface area contributed by atoms with Crippen molar-refractivity contribution in [3.63, 3.8) is 0 Å². The summed E-state index contributed by atoms with van der Waals surface area (Å²) in [6, 6.07) is 7.53. The first-order chi connectivity index (χ1) is 14.5. The van der Waals surface area contributed by atoms with E-state index in [0.29, 0.717) is 36.9 Å². The maximum absolute atomic E-state index is 14.1. The Kier molecular flexibility index (Phi) is 7.69. The molecule has 1 aliphatic rings. The number of likely N-dealkylation sites (tertiary alicyclic amines) is 1. The fraction of sp³-hybridized carbons (Fsp3) is 0.381. The second-order valence-corrected chi connectivity index (χ2v) is 7.34. The van der Waals surface area contributed by atoms with Gasteiger partial charge in [0.05, 0.1) is 18.5 Å². The van der Waals surface area contributed by atoms with Crippen molar-refractivity contribution in [2.75, 3.05) is 37.4 Å². The molecule has 0 atom stereocenters. The normalized spacial score (nSPS) is 14.9. The molecular weight excluding hydrogens is 389 g/mol. The highest BCUT2D eigenvalue weighted by Crippen LogP contribution is 2.21. The fourth-order valence-electron chi connectivity index (χ4n) is 3.37. The molecule has 9 heteroatoms. The third-order valence-electron chi connectivity index (χ3n) is 4.91. The highest BCUT2D eigenvalue weighted by Gasteiger charge is 2.20. The SMILES string of the molecule is CN(C=O)OCC1CCN(Cc2cc(F)cc(NC(=O)Nc3cccnc3)c2)CC1. The van der Waals surface area contributed by atoms with E-state index in [4.69, 9.17) is 4.84 Å². The van der Waals surface area contributed by atoms with Crippen molar-refractivity contribution >= 4 is 23.8 Å². The molecule has 1 aliphatic heterocycles. The van der Waals surface area contributed by atoms with Gasteiger partial charge in [0.25, 0.3) is 0 Å². The second kappa shape index (κ2) is 10.7. The van der Waals surface area contributed by atoms with E-state index >= 15 is 0 Å². The molecule has 1 aromatic carbocycles. The van der Waals surface area contributed by atoms with Crippen LogP contribution in [-0.4, -0.2) is 54.1 Å². The fourth-order valence-corrected chi connectivity index (χ4v) is 3.37. The van der Waals surface area contributed by atoms with Crippen LogP contribution < -0.4 is 10.6 Å². The van der Waals surface area contributed by atoms with Gasteiger partial charge in [0.2, 0.25) is 6.41 Å². The first-order valence-corrected chi connectivity index (χ1v) is 9.82. The van der Waals surface area contributed by atoms with Crippen molar-refractivity contribution < 1.29 is 18.8 Å². The summed E-state index contributed by atoms with van der Waals surface area (Å²) >= 11 is 0. The third kappa shape index (κ3) is 6.78. The Hall–Kier alpha value is -3.04. The minimum absolute atomic E-state index is 0.393. The lowest BCUT2D eigenvalue weighted by atomic mass is 9.97. The number of hydrogen-bond acceptors (Lipinski definition) is 5. The van der Waals surface area contributed by atoms with Crippen molar-refractivity contribution in [2.45, 2.75) is 19.4 Å². The van der Waals surface area contributed by atoms with Gasteiger partial charge >= 0.3 is 6.03 Å². The summed E-state index contributed by atoms with van der Waals surface area (Å²) in [5.74, 6) is -0.00563. The average molecular weight is 415 g/mol. The molecule has 3 amide bonds. The minimum Gasteiger partial charge on any atom is -0.308 e. The van der Waals surface area contributed by atoms with Crippen molar-refractivity contribution in [3.8, 4) is 0 Å². The minimum atomic E-state index is -0.458. The van der Waals surface area contributed by atoms with Gasteiger partial charge in [0.15, 0.2) is 0 Å². The van der Waals surface area contributed by atoms with Crippen LogP contribution in [0.15, 0.2) is 42.7 Å². The molecule has 8 nitrogen and oxygen atoms in total. The molecule has 0 radical (unpaired) electrons. The topological polar surface area (TPSA) is 86.8 Å². The number of benzene rings is 1. The van der Waals surface area contributed by atoms with Crippen molar-refractivity contribution in [3.05, 3.63) is 54.1 Å². The zero-order valence-corrected chi connectivity index (χ0v) is 16.9. The van der Waals surface area contributed by atoms with E-state index in [2.05, 4.69) is 20.5 Å². The molecule has 1 saturated heterocycles. The summed E-state index contributed by atoms with van der Waals surface area (Å²) in [7, 11) is 1.58. The summed E-state index contributed by atoms with van der Waals surface area (Å²) in [6.45, 7) is 2.83. The third-order valence-corrected chi connectivity index (χ3v) is 4.91. The molecule has 2 aromatic rings. The van der Waals surface area contributed by atoms with Gasteiger partial charge in [0, 0.05) is 25.5 Å². The predicted octanol–water partition coefficient (Wildman–Crippen LogP) is 3.10.